The first-order valence-electron chi connectivity index (χ1n) is 5.15. The van der Waals surface area contributed by atoms with Crippen molar-refractivity contribution >= 4 is 5.97 Å². The fourth-order valence-electron chi connectivity index (χ4n) is 1.47. The van der Waals surface area contributed by atoms with Gasteiger partial charge in [-0.05, 0) is 19.1 Å². The molecule has 0 aromatic carbocycles. The van der Waals surface area contributed by atoms with Gasteiger partial charge in [0, 0.05) is 25.5 Å². The van der Waals surface area contributed by atoms with E-state index in [0.717, 1.165) is 5.69 Å². The van der Waals surface area contributed by atoms with Crippen molar-refractivity contribution in [1.82, 2.24) is 9.88 Å². The number of esters is 1. The number of nitrogens with zero attached hydrogens (tertiary/aromatic N) is 1. The number of methoxy groups -OCH3 is 1. The number of ether oxygens (including phenoxy) is 1. The Morgan fingerprint density at radius 3 is 2.81 bits per heavy atom. The van der Waals surface area contributed by atoms with Crippen LogP contribution in [0, 0.1) is 0 Å². The number of aromatic nitrogens is 1. The van der Waals surface area contributed by atoms with E-state index in [1.165, 1.54) is 7.11 Å². The van der Waals surface area contributed by atoms with E-state index < -0.39 is 18.1 Å². The standard InChI is InChI=1S/C11H18N2O3/c1-8(14)10(11(15)16-3)12-7-9-5-4-6-13(9)2/h4-6,8,10,12,14H,7H2,1-3H3. The molecule has 1 rings (SSSR count). The number of aryl methyl sites for hydroxylation is 1. The molecule has 0 radical (unpaired) electrons. The highest BCUT2D eigenvalue weighted by Crippen LogP contribution is 2.02. The monoisotopic (exact) mass is 226 g/mol. The molecular formula is C11H18N2O3. The maximum atomic E-state index is 11.3. The third kappa shape index (κ3) is 3.08. The minimum absolute atomic E-state index is 0.454. The molecule has 0 saturated carbocycles. The van der Waals surface area contributed by atoms with E-state index in [4.69, 9.17) is 0 Å². The Hall–Kier alpha value is -1.33. The number of hydrogen-bond donors (Lipinski definition) is 2. The molecule has 90 valence electrons. The Morgan fingerprint density at radius 2 is 2.38 bits per heavy atom. The molecule has 1 aromatic rings. The van der Waals surface area contributed by atoms with Crippen LogP contribution in [0.25, 0.3) is 0 Å². The number of aliphatic hydroxyl groups excluding tert-OH is 1. The van der Waals surface area contributed by atoms with Crippen molar-refractivity contribution in [3.05, 3.63) is 24.0 Å². The van der Waals surface area contributed by atoms with Gasteiger partial charge in [0.25, 0.3) is 0 Å². The second-order valence-electron chi connectivity index (χ2n) is 3.73. The van der Waals surface area contributed by atoms with Crippen LogP contribution in [-0.4, -0.2) is 34.9 Å². The Bertz CT molecular complexity index is 347. The topological polar surface area (TPSA) is 63.5 Å². The van der Waals surface area contributed by atoms with Gasteiger partial charge in [0.15, 0.2) is 0 Å². The molecule has 0 aliphatic rings. The molecule has 2 unspecified atom stereocenters. The molecule has 5 nitrogen and oxygen atoms in total. The van der Waals surface area contributed by atoms with Gasteiger partial charge in [0.2, 0.25) is 0 Å². The zero-order valence-electron chi connectivity index (χ0n) is 9.80. The molecule has 2 atom stereocenters. The minimum atomic E-state index is -0.785. The van der Waals surface area contributed by atoms with E-state index in [1.807, 2.05) is 29.9 Å². The first kappa shape index (κ1) is 12.7. The highest BCUT2D eigenvalue weighted by Gasteiger charge is 2.23. The van der Waals surface area contributed by atoms with Crippen LogP contribution in [0.2, 0.25) is 0 Å². The number of carbonyl (C=O) groups is 1. The molecule has 1 aromatic heterocycles. The van der Waals surface area contributed by atoms with Gasteiger partial charge in [0.1, 0.15) is 6.04 Å². The summed E-state index contributed by atoms with van der Waals surface area (Å²) in [6.45, 7) is 2.06. The minimum Gasteiger partial charge on any atom is -0.468 e. The van der Waals surface area contributed by atoms with E-state index in [0.29, 0.717) is 6.54 Å². The van der Waals surface area contributed by atoms with Gasteiger partial charge in [-0.1, -0.05) is 0 Å². The molecule has 0 aliphatic heterocycles. The lowest BCUT2D eigenvalue weighted by molar-refractivity contribution is -0.145. The van der Waals surface area contributed by atoms with E-state index in [2.05, 4.69) is 10.1 Å². The largest absolute Gasteiger partial charge is 0.468 e. The summed E-state index contributed by atoms with van der Waals surface area (Å²) in [6.07, 6.45) is 1.14. The zero-order chi connectivity index (χ0) is 12.1. The number of carbonyl (C=O) groups excluding carboxylic acids is 1. The lowest BCUT2D eigenvalue weighted by Gasteiger charge is -2.19. The summed E-state index contributed by atoms with van der Waals surface area (Å²) in [6, 6.07) is 3.18. The summed E-state index contributed by atoms with van der Waals surface area (Å²) < 4.78 is 6.55. The molecule has 0 spiro atoms. The van der Waals surface area contributed by atoms with Crippen molar-refractivity contribution in [3.63, 3.8) is 0 Å². The van der Waals surface area contributed by atoms with Crippen LogP contribution in [0.1, 0.15) is 12.6 Å². The van der Waals surface area contributed by atoms with Crippen LogP contribution in [-0.2, 0) is 23.1 Å². The molecule has 0 fully saturated rings. The first-order valence-corrected chi connectivity index (χ1v) is 5.15. The predicted molar refractivity (Wildman–Crippen MR) is 59.7 cm³/mol. The fraction of sp³-hybridized carbons (Fsp3) is 0.545. The van der Waals surface area contributed by atoms with E-state index in [1.54, 1.807) is 6.92 Å². The van der Waals surface area contributed by atoms with Crippen molar-refractivity contribution < 1.29 is 14.6 Å². The van der Waals surface area contributed by atoms with Crippen molar-refractivity contribution in [3.8, 4) is 0 Å². The van der Waals surface area contributed by atoms with Crippen molar-refractivity contribution in [2.75, 3.05) is 7.11 Å². The average molecular weight is 226 g/mol. The lowest BCUT2D eigenvalue weighted by atomic mass is 10.2. The maximum Gasteiger partial charge on any atom is 0.325 e. The quantitative estimate of drug-likeness (QED) is 0.696. The Morgan fingerprint density at radius 1 is 1.69 bits per heavy atom. The number of aliphatic hydroxyl groups is 1. The Balaban J connectivity index is 2.57. The van der Waals surface area contributed by atoms with Crippen molar-refractivity contribution in [2.24, 2.45) is 7.05 Å². The normalized spacial score (nSPS) is 14.5. The lowest BCUT2D eigenvalue weighted by Crippen LogP contribution is -2.45. The average Bonchev–Trinajstić information content (AvgIpc) is 2.64. The molecule has 5 heteroatoms. The highest BCUT2D eigenvalue weighted by atomic mass is 16.5. The molecule has 2 N–H and O–H groups in total. The number of rotatable bonds is 5. The third-order valence-electron chi connectivity index (χ3n) is 2.49. The summed E-state index contributed by atoms with van der Waals surface area (Å²) in [5.41, 5.74) is 1.04. The van der Waals surface area contributed by atoms with Gasteiger partial charge in [0.05, 0.1) is 13.2 Å². The summed E-state index contributed by atoms with van der Waals surface area (Å²) in [7, 11) is 3.23. The van der Waals surface area contributed by atoms with Crippen LogP contribution < -0.4 is 5.32 Å². The maximum absolute atomic E-state index is 11.3. The highest BCUT2D eigenvalue weighted by molar-refractivity contribution is 5.76. The summed E-state index contributed by atoms with van der Waals surface area (Å²) in [4.78, 5) is 11.3. The molecule has 16 heavy (non-hydrogen) atoms. The molecule has 0 amide bonds. The summed E-state index contributed by atoms with van der Waals surface area (Å²) in [5, 5.41) is 12.4. The summed E-state index contributed by atoms with van der Waals surface area (Å²) >= 11 is 0. The van der Waals surface area contributed by atoms with E-state index in [9.17, 15) is 9.90 Å². The Labute approximate surface area is 95.0 Å². The van der Waals surface area contributed by atoms with Gasteiger partial charge >= 0.3 is 5.97 Å². The molecule has 0 saturated heterocycles. The van der Waals surface area contributed by atoms with Crippen LogP contribution in [0.3, 0.4) is 0 Å². The molecule has 1 heterocycles. The zero-order valence-corrected chi connectivity index (χ0v) is 9.80. The Kier molecular flexibility index (Phi) is 4.52. The second-order valence-corrected chi connectivity index (χ2v) is 3.73. The van der Waals surface area contributed by atoms with Gasteiger partial charge in [-0.3, -0.25) is 10.1 Å². The smallest absolute Gasteiger partial charge is 0.325 e. The number of hydrogen-bond acceptors (Lipinski definition) is 4. The van der Waals surface area contributed by atoms with E-state index in [-0.39, 0.29) is 0 Å². The van der Waals surface area contributed by atoms with Crippen LogP contribution in [0.15, 0.2) is 18.3 Å². The predicted octanol–water partition coefficient (Wildman–Crippen LogP) is 0.0371. The van der Waals surface area contributed by atoms with Gasteiger partial charge < -0.3 is 14.4 Å². The van der Waals surface area contributed by atoms with Gasteiger partial charge in [-0.2, -0.15) is 0 Å². The van der Waals surface area contributed by atoms with Gasteiger partial charge in [-0.25, -0.2) is 0 Å². The third-order valence-corrected chi connectivity index (χ3v) is 2.49. The second kappa shape index (κ2) is 5.67. The van der Waals surface area contributed by atoms with Crippen LogP contribution in [0.4, 0.5) is 0 Å². The SMILES string of the molecule is COC(=O)C(NCc1cccn1C)C(C)O. The van der Waals surface area contributed by atoms with Crippen molar-refractivity contribution in [2.45, 2.75) is 25.6 Å². The first-order chi connectivity index (χ1) is 7.56. The molecule has 0 bridgehead atoms. The molecular weight excluding hydrogens is 208 g/mol. The van der Waals surface area contributed by atoms with Crippen LogP contribution >= 0.6 is 0 Å². The number of nitrogens with one attached hydrogen (secondary N) is 1. The fourth-order valence-corrected chi connectivity index (χ4v) is 1.47. The molecule has 0 aliphatic carbocycles. The summed E-state index contributed by atoms with van der Waals surface area (Å²) in [5.74, 6) is -0.454. The van der Waals surface area contributed by atoms with Gasteiger partial charge in [-0.15, -0.1) is 0 Å². The van der Waals surface area contributed by atoms with Crippen molar-refractivity contribution in [1.29, 1.82) is 0 Å². The van der Waals surface area contributed by atoms with E-state index >= 15 is 0 Å². The van der Waals surface area contributed by atoms with Crippen LogP contribution in [0.5, 0.6) is 0 Å².